The number of benzene rings is 2. The highest BCUT2D eigenvalue weighted by Gasteiger charge is 2.19. The second-order valence-corrected chi connectivity index (χ2v) is 9.44. The van der Waals surface area contributed by atoms with E-state index in [0.717, 1.165) is 0 Å². The van der Waals surface area contributed by atoms with Crippen LogP contribution in [0.5, 0.6) is 17.2 Å². The summed E-state index contributed by atoms with van der Waals surface area (Å²) in [6.07, 6.45) is 0.405. The molecule has 0 unspecified atom stereocenters. The Morgan fingerprint density at radius 2 is 1.59 bits per heavy atom. The van der Waals surface area contributed by atoms with Crippen molar-refractivity contribution in [2.24, 2.45) is 0 Å². The maximum atomic E-state index is 12.6. The lowest BCUT2D eigenvalue weighted by Crippen LogP contribution is -2.34. The number of carbonyl (C=O) groups is 5. The van der Waals surface area contributed by atoms with Gasteiger partial charge in [-0.1, -0.05) is 12.1 Å². The van der Waals surface area contributed by atoms with Gasteiger partial charge in [-0.15, -0.1) is 0 Å². The third-order valence-electron chi connectivity index (χ3n) is 4.79. The number of amides is 1. The Morgan fingerprint density at radius 1 is 0.878 bits per heavy atom. The zero-order valence-corrected chi connectivity index (χ0v) is 23.5. The molecule has 1 N–H and O–H groups in total. The van der Waals surface area contributed by atoms with Crippen LogP contribution in [0, 0.1) is 6.92 Å². The molecule has 0 saturated carbocycles. The maximum Gasteiger partial charge on any atom is 0.407 e. The zero-order chi connectivity index (χ0) is 30.4. The van der Waals surface area contributed by atoms with E-state index in [1.165, 1.54) is 37.3 Å². The molecule has 2 aromatic carbocycles. The van der Waals surface area contributed by atoms with Crippen molar-refractivity contribution in [1.82, 2.24) is 5.32 Å². The molecule has 0 aliphatic rings. The first-order chi connectivity index (χ1) is 19.4. The quantitative estimate of drug-likeness (QED) is 0.119. The van der Waals surface area contributed by atoms with E-state index in [1.54, 1.807) is 32.9 Å². The summed E-state index contributed by atoms with van der Waals surface area (Å²) in [6.45, 7) is 9.58. The third kappa shape index (κ3) is 12.0. The first-order valence-electron chi connectivity index (χ1n) is 12.7. The van der Waals surface area contributed by atoms with Crippen molar-refractivity contribution in [2.45, 2.75) is 52.6 Å². The smallest absolute Gasteiger partial charge is 0.407 e. The molecule has 0 aliphatic carbocycles. The van der Waals surface area contributed by atoms with Crippen LogP contribution >= 0.6 is 0 Å². The van der Waals surface area contributed by atoms with Gasteiger partial charge in [-0.25, -0.2) is 14.4 Å². The SMILES string of the molecule is [CH2-]CCCOc1ccc(C(=O)OCOC(=O)c2ccccc2OC(C)=O)cc1OC(=O)CCNC(=O)OC(C)(C)C. The largest absolute Gasteiger partial charge is 0.490 e. The Balaban J connectivity index is 2.01. The zero-order valence-electron chi connectivity index (χ0n) is 23.5. The third-order valence-corrected chi connectivity index (χ3v) is 4.79. The van der Waals surface area contributed by atoms with Gasteiger partial charge in [0.1, 0.15) is 16.9 Å². The molecule has 0 aliphatic heterocycles. The van der Waals surface area contributed by atoms with Gasteiger partial charge in [0, 0.05) is 13.5 Å². The van der Waals surface area contributed by atoms with E-state index in [9.17, 15) is 24.0 Å². The van der Waals surface area contributed by atoms with Crippen molar-refractivity contribution < 1.29 is 52.4 Å². The van der Waals surface area contributed by atoms with Crippen molar-refractivity contribution in [3.05, 3.63) is 60.5 Å². The van der Waals surface area contributed by atoms with Gasteiger partial charge in [0.2, 0.25) is 6.79 Å². The Kier molecular flexibility index (Phi) is 12.6. The molecular weight excluding hydrogens is 538 g/mol. The van der Waals surface area contributed by atoms with Crippen LogP contribution in [0.4, 0.5) is 4.79 Å². The van der Waals surface area contributed by atoms with Crippen molar-refractivity contribution in [2.75, 3.05) is 19.9 Å². The van der Waals surface area contributed by atoms with E-state index in [4.69, 9.17) is 28.4 Å². The highest BCUT2D eigenvalue weighted by Crippen LogP contribution is 2.29. The summed E-state index contributed by atoms with van der Waals surface area (Å²) in [7, 11) is 0. The van der Waals surface area contributed by atoms with E-state index in [-0.39, 0.29) is 41.3 Å². The summed E-state index contributed by atoms with van der Waals surface area (Å²) in [5.41, 5.74) is -0.731. The number of hydrogen-bond acceptors (Lipinski definition) is 11. The normalized spacial score (nSPS) is 10.7. The van der Waals surface area contributed by atoms with E-state index in [0.29, 0.717) is 19.4 Å². The lowest BCUT2D eigenvalue weighted by atomic mass is 10.2. The molecule has 0 spiro atoms. The number of unbranched alkanes of at least 4 members (excludes halogenated alkanes) is 1. The standard InChI is InChI=1S/C29H34NO11/c1-6-7-16-36-23-13-12-20(17-24(23)40-25(32)14-15-30-28(35)41-29(3,4)5)26(33)37-18-38-27(34)21-10-8-9-11-22(21)39-19(2)31/h8-13,17H,1,6-7,14-16,18H2,2-5H3,(H,30,35)/q-1. The van der Waals surface area contributed by atoms with Crippen molar-refractivity contribution >= 4 is 30.0 Å². The molecule has 12 heteroatoms. The van der Waals surface area contributed by atoms with Crippen LogP contribution < -0.4 is 19.5 Å². The van der Waals surface area contributed by atoms with E-state index >= 15 is 0 Å². The molecule has 0 atom stereocenters. The highest BCUT2D eigenvalue weighted by atomic mass is 16.7. The second-order valence-electron chi connectivity index (χ2n) is 9.44. The summed E-state index contributed by atoms with van der Waals surface area (Å²) in [6, 6.07) is 10.00. The summed E-state index contributed by atoms with van der Waals surface area (Å²) in [4.78, 5) is 60.5. The monoisotopic (exact) mass is 572 g/mol. The minimum Gasteiger partial charge on any atom is -0.490 e. The highest BCUT2D eigenvalue weighted by molar-refractivity contribution is 5.94. The second kappa shape index (κ2) is 15.8. The molecule has 0 heterocycles. The van der Waals surface area contributed by atoms with Gasteiger partial charge in [-0.2, -0.15) is 6.42 Å². The van der Waals surface area contributed by atoms with Crippen LogP contribution in [0.1, 0.15) is 67.7 Å². The Bertz CT molecular complexity index is 1230. The Labute approximate surface area is 238 Å². The fourth-order valence-electron chi connectivity index (χ4n) is 3.05. The van der Waals surface area contributed by atoms with Crippen LogP contribution in [0.2, 0.25) is 0 Å². The first kappa shape index (κ1) is 32.6. The first-order valence-corrected chi connectivity index (χ1v) is 12.7. The van der Waals surface area contributed by atoms with Gasteiger partial charge < -0.3 is 40.7 Å². The molecule has 0 fully saturated rings. The van der Waals surface area contributed by atoms with Gasteiger partial charge in [0.15, 0.2) is 11.5 Å². The van der Waals surface area contributed by atoms with Gasteiger partial charge in [0.05, 0.1) is 18.6 Å². The molecule has 12 nitrogen and oxygen atoms in total. The van der Waals surface area contributed by atoms with Crippen molar-refractivity contribution in [3.63, 3.8) is 0 Å². The number of carbonyl (C=O) groups excluding carboxylic acids is 5. The van der Waals surface area contributed by atoms with E-state index in [2.05, 4.69) is 12.2 Å². The number of alkyl carbamates (subject to hydrolysis) is 1. The Morgan fingerprint density at radius 3 is 2.27 bits per heavy atom. The fourth-order valence-corrected chi connectivity index (χ4v) is 3.05. The predicted octanol–water partition coefficient (Wildman–Crippen LogP) is 4.40. The molecule has 2 aromatic rings. The lowest BCUT2D eigenvalue weighted by molar-refractivity contribution is -0.134. The number of hydrogen-bond donors (Lipinski definition) is 1. The average Bonchev–Trinajstić information content (AvgIpc) is 2.88. The molecule has 1 amide bonds. The van der Waals surface area contributed by atoms with Gasteiger partial charge in [-0.05, 0) is 57.5 Å². The molecule has 0 radical (unpaired) electrons. The lowest BCUT2D eigenvalue weighted by Gasteiger charge is -2.19. The minimum atomic E-state index is -0.876. The molecule has 222 valence electrons. The number of para-hydroxylation sites is 1. The van der Waals surface area contributed by atoms with E-state index < -0.39 is 42.4 Å². The van der Waals surface area contributed by atoms with Crippen molar-refractivity contribution in [3.8, 4) is 17.2 Å². The molecule has 0 aromatic heterocycles. The van der Waals surface area contributed by atoms with Gasteiger partial charge in [-0.3, -0.25) is 9.59 Å². The van der Waals surface area contributed by atoms with Crippen LogP contribution in [-0.2, 0) is 23.8 Å². The summed E-state index contributed by atoms with van der Waals surface area (Å²) in [5.74, 6) is -2.91. The summed E-state index contributed by atoms with van der Waals surface area (Å²) in [5, 5.41) is 2.46. The summed E-state index contributed by atoms with van der Waals surface area (Å²) >= 11 is 0. The van der Waals surface area contributed by atoms with Crippen LogP contribution in [-0.4, -0.2) is 55.5 Å². The average molecular weight is 573 g/mol. The molecule has 2 rings (SSSR count). The predicted molar refractivity (Wildman–Crippen MR) is 144 cm³/mol. The molecule has 41 heavy (non-hydrogen) atoms. The number of nitrogens with one attached hydrogen (secondary N) is 1. The fraction of sp³-hybridized carbons (Fsp3) is 0.379. The Hall–Kier alpha value is -4.61. The summed E-state index contributed by atoms with van der Waals surface area (Å²) < 4.78 is 31.1. The molecule has 0 bridgehead atoms. The van der Waals surface area contributed by atoms with Gasteiger partial charge >= 0.3 is 30.0 Å². The minimum absolute atomic E-state index is 0.00137. The molecular formula is C29H34NO11-. The van der Waals surface area contributed by atoms with E-state index in [1.807, 2.05) is 0 Å². The topological polar surface area (TPSA) is 153 Å². The van der Waals surface area contributed by atoms with Crippen LogP contribution in [0.3, 0.4) is 0 Å². The van der Waals surface area contributed by atoms with Crippen LogP contribution in [0.25, 0.3) is 0 Å². The maximum absolute atomic E-state index is 12.6. The number of esters is 4. The molecule has 0 saturated heterocycles. The number of ether oxygens (including phenoxy) is 6. The van der Waals surface area contributed by atoms with Gasteiger partial charge in [0.25, 0.3) is 0 Å². The van der Waals surface area contributed by atoms with Crippen molar-refractivity contribution in [1.29, 1.82) is 0 Å². The van der Waals surface area contributed by atoms with Crippen LogP contribution in [0.15, 0.2) is 42.5 Å². The number of rotatable bonds is 13.